The number of carbonyl (C=O) groups excluding carboxylic acids is 3. The Labute approximate surface area is 188 Å². The van der Waals surface area contributed by atoms with E-state index in [9.17, 15) is 14.4 Å². The Morgan fingerprint density at radius 3 is 2.78 bits per heavy atom. The molecule has 0 spiro atoms. The number of furan rings is 1. The molecule has 10 heteroatoms. The zero-order chi connectivity index (χ0) is 23.3. The summed E-state index contributed by atoms with van der Waals surface area (Å²) in [6, 6.07) is 5.42. The summed E-state index contributed by atoms with van der Waals surface area (Å²) in [6.07, 6.45) is 6.69. The Bertz CT molecular complexity index is 1130. The summed E-state index contributed by atoms with van der Waals surface area (Å²) in [4.78, 5) is 37.5. The van der Waals surface area contributed by atoms with Crippen molar-refractivity contribution in [2.45, 2.75) is 13.5 Å². The van der Waals surface area contributed by atoms with Crippen molar-refractivity contribution in [1.82, 2.24) is 10.2 Å². The molecule has 9 nitrogen and oxygen atoms in total. The standard InChI is InChI=1S/C22H19ClN2O7/c1-4-8-31-19-15(23)9-13(11-18(19)30-5-2)10-16-20(26)25(22(28)24-16)12-14-6-7-17(32-14)21(27)29-3/h1,6-7,9-11H,5,8,12H2,2-3H3,(H,24,28). The third kappa shape index (κ3) is 4.87. The largest absolute Gasteiger partial charge is 0.490 e. The van der Waals surface area contributed by atoms with Crippen molar-refractivity contribution < 1.29 is 33.0 Å². The minimum absolute atomic E-state index is 0.00814. The molecule has 0 aliphatic carbocycles. The van der Waals surface area contributed by atoms with E-state index in [0.29, 0.717) is 17.9 Å². The molecule has 1 N–H and O–H groups in total. The summed E-state index contributed by atoms with van der Waals surface area (Å²) in [5.74, 6) is 1.96. The quantitative estimate of drug-likeness (QED) is 0.280. The molecule has 2 aromatic rings. The number of amides is 3. The van der Waals surface area contributed by atoms with Crippen molar-refractivity contribution in [3.63, 3.8) is 0 Å². The maximum Gasteiger partial charge on any atom is 0.373 e. The number of carbonyl (C=O) groups is 3. The maximum absolute atomic E-state index is 12.8. The molecule has 3 amide bonds. The molecular weight excluding hydrogens is 440 g/mol. The smallest absolute Gasteiger partial charge is 0.373 e. The number of nitrogens with zero attached hydrogens (tertiary/aromatic N) is 1. The average Bonchev–Trinajstić information content (AvgIpc) is 3.33. The first-order valence-electron chi connectivity index (χ1n) is 9.42. The van der Waals surface area contributed by atoms with Crippen LogP contribution in [0.15, 0.2) is 34.4 Å². The normalized spacial score (nSPS) is 14.3. The van der Waals surface area contributed by atoms with Crippen LogP contribution in [0.5, 0.6) is 11.5 Å². The topological polar surface area (TPSA) is 107 Å². The van der Waals surface area contributed by atoms with E-state index in [1.807, 2.05) is 0 Å². The molecule has 3 rings (SSSR count). The number of methoxy groups -OCH3 is 1. The first kappa shape index (κ1) is 22.8. The molecule has 1 aliphatic rings. The van der Waals surface area contributed by atoms with E-state index >= 15 is 0 Å². The number of hydrogen-bond acceptors (Lipinski definition) is 7. The highest BCUT2D eigenvalue weighted by atomic mass is 35.5. The molecular formula is C22H19ClN2O7. The minimum atomic E-state index is -0.661. The van der Waals surface area contributed by atoms with Crippen molar-refractivity contribution in [2.75, 3.05) is 20.3 Å². The van der Waals surface area contributed by atoms with Gasteiger partial charge in [0.25, 0.3) is 5.91 Å². The lowest BCUT2D eigenvalue weighted by Gasteiger charge is -2.13. The maximum atomic E-state index is 12.8. The van der Waals surface area contributed by atoms with Gasteiger partial charge in [-0.15, -0.1) is 6.42 Å². The lowest BCUT2D eigenvalue weighted by Crippen LogP contribution is -2.30. The Hall–Kier alpha value is -3.90. The van der Waals surface area contributed by atoms with Gasteiger partial charge in [-0.2, -0.15) is 0 Å². The number of hydrogen-bond donors (Lipinski definition) is 1. The lowest BCUT2D eigenvalue weighted by atomic mass is 10.1. The van der Waals surface area contributed by atoms with Gasteiger partial charge in [-0.05, 0) is 42.8 Å². The van der Waals surface area contributed by atoms with Crippen LogP contribution in [-0.2, 0) is 16.1 Å². The van der Waals surface area contributed by atoms with Gasteiger partial charge in [0.1, 0.15) is 18.1 Å². The summed E-state index contributed by atoms with van der Waals surface area (Å²) in [5, 5.41) is 2.74. The first-order chi connectivity index (χ1) is 15.4. The molecule has 1 saturated heterocycles. The third-order valence-electron chi connectivity index (χ3n) is 4.27. The number of benzene rings is 1. The number of urea groups is 1. The van der Waals surface area contributed by atoms with Crippen molar-refractivity contribution in [1.29, 1.82) is 0 Å². The van der Waals surface area contributed by atoms with Gasteiger partial charge in [0, 0.05) is 0 Å². The molecule has 32 heavy (non-hydrogen) atoms. The summed E-state index contributed by atoms with van der Waals surface area (Å²) in [7, 11) is 1.22. The van der Waals surface area contributed by atoms with Crippen LogP contribution >= 0.6 is 11.6 Å². The van der Waals surface area contributed by atoms with Crippen LogP contribution in [0.2, 0.25) is 5.02 Å². The zero-order valence-electron chi connectivity index (χ0n) is 17.3. The Balaban J connectivity index is 1.83. The van der Waals surface area contributed by atoms with Gasteiger partial charge in [-0.3, -0.25) is 9.69 Å². The van der Waals surface area contributed by atoms with Crippen LogP contribution < -0.4 is 14.8 Å². The monoisotopic (exact) mass is 458 g/mol. The Morgan fingerprint density at radius 2 is 2.09 bits per heavy atom. The third-order valence-corrected chi connectivity index (χ3v) is 4.55. The summed E-state index contributed by atoms with van der Waals surface area (Å²) in [5.41, 5.74) is 0.536. The lowest BCUT2D eigenvalue weighted by molar-refractivity contribution is -0.123. The van der Waals surface area contributed by atoms with Gasteiger partial charge in [-0.25, -0.2) is 9.59 Å². The number of ether oxygens (including phenoxy) is 3. The number of halogens is 1. The van der Waals surface area contributed by atoms with Gasteiger partial charge in [0.2, 0.25) is 5.76 Å². The van der Waals surface area contributed by atoms with Gasteiger partial charge < -0.3 is 23.9 Å². The number of rotatable bonds is 8. The first-order valence-corrected chi connectivity index (χ1v) is 9.79. The van der Waals surface area contributed by atoms with E-state index in [1.165, 1.54) is 25.3 Å². The van der Waals surface area contributed by atoms with E-state index in [2.05, 4.69) is 16.0 Å². The van der Waals surface area contributed by atoms with E-state index < -0.39 is 17.9 Å². The summed E-state index contributed by atoms with van der Waals surface area (Å²) in [6.45, 7) is 1.99. The van der Waals surface area contributed by atoms with E-state index in [0.717, 1.165) is 4.90 Å². The SMILES string of the molecule is C#CCOc1c(Cl)cc(C=C2NC(=O)N(Cc3ccc(C(=O)OC)o3)C2=O)cc1OCC. The van der Waals surface area contributed by atoms with Crippen LogP contribution in [0, 0.1) is 12.3 Å². The van der Waals surface area contributed by atoms with Crippen LogP contribution in [0.1, 0.15) is 28.8 Å². The molecule has 1 fully saturated rings. The van der Waals surface area contributed by atoms with E-state index in [1.54, 1.807) is 19.1 Å². The molecule has 0 bridgehead atoms. The second-order valence-corrected chi connectivity index (χ2v) is 6.80. The highest BCUT2D eigenvalue weighted by Crippen LogP contribution is 2.37. The van der Waals surface area contributed by atoms with Crippen molar-refractivity contribution in [3.8, 4) is 23.8 Å². The molecule has 0 unspecified atom stereocenters. The highest BCUT2D eigenvalue weighted by molar-refractivity contribution is 6.32. The van der Waals surface area contributed by atoms with Crippen molar-refractivity contribution >= 4 is 35.6 Å². The van der Waals surface area contributed by atoms with Crippen LogP contribution in [0.4, 0.5) is 4.79 Å². The molecule has 0 saturated carbocycles. The molecule has 2 heterocycles. The fourth-order valence-corrected chi connectivity index (χ4v) is 3.17. The summed E-state index contributed by atoms with van der Waals surface area (Å²) >= 11 is 6.30. The Morgan fingerprint density at radius 1 is 1.31 bits per heavy atom. The predicted molar refractivity (Wildman–Crippen MR) is 114 cm³/mol. The Kier molecular flexibility index (Phi) is 7.07. The second kappa shape index (κ2) is 9.94. The van der Waals surface area contributed by atoms with Crippen molar-refractivity contribution in [3.05, 3.63) is 52.1 Å². The predicted octanol–water partition coefficient (Wildman–Crippen LogP) is 3.22. The molecule has 0 radical (unpaired) electrons. The van der Waals surface area contributed by atoms with Crippen LogP contribution in [0.25, 0.3) is 6.08 Å². The second-order valence-electron chi connectivity index (χ2n) is 6.39. The van der Waals surface area contributed by atoms with E-state index in [-0.39, 0.29) is 41.1 Å². The zero-order valence-corrected chi connectivity index (χ0v) is 18.0. The number of esters is 1. The van der Waals surface area contributed by atoms with Crippen LogP contribution in [0.3, 0.4) is 0 Å². The molecule has 166 valence electrons. The van der Waals surface area contributed by atoms with Crippen molar-refractivity contribution in [2.24, 2.45) is 0 Å². The average molecular weight is 459 g/mol. The van der Waals surface area contributed by atoms with Gasteiger partial charge in [-0.1, -0.05) is 17.5 Å². The minimum Gasteiger partial charge on any atom is -0.490 e. The molecule has 1 aromatic carbocycles. The molecule has 1 aliphatic heterocycles. The fourth-order valence-electron chi connectivity index (χ4n) is 2.90. The van der Waals surface area contributed by atoms with Gasteiger partial charge in [0.15, 0.2) is 11.5 Å². The van der Waals surface area contributed by atoms with Gasteiger partial charge in [0.05, 0.1) is 25.3 Å². The summed E-state index contributed by atoms with van der Waals surface area (Å²) < 4.78 is 20.9. The van der Waals surface area contributed by atoms with Crippen LogP contribution in [-0.4, -0.2) is 43.1 Å². The highest BCUT2D eigenvalue weighted by Gasteiger charge is 2.34. The fraction of sp³-hybridized carbons (Fsp3) is 0.227. The van der Waals surface area contributed by atoms with Gasteiger partial charge >= 0.3 is 12.0 Å². The number of imide groups is 1. The number of nitrogens with one attached hydrogen (secondary N) is 1. The molecule has 1 aromatic heterocycles. The van der Waals surface area contributed by atoms with E-state index in [4.69, 9.17) is 31.9 Å². The number of terminal acetylenes is 1. The molecule has 0 atom stereocenters.